The zero-order valence-electron chi connectivity index (χ0n) is 16.9. The summed E-state index contributed by atoms with van der Waals surface area (Å²) in [6.45, 7) is 6.97. The van der Waals surface area contributed by atoms with E-state index < -0.39 is 0 Å². The molecule has 1 N–H and O–H groups in total. The van der Waals surface area contributed by atoms with Crippen molar-refractivity contribution >= 4 is 28.9 Å². The fourth-order valence-corrected chi connectivity index (χ4v) is 4.04. The van der Waals surface area contributed by atoms with Crippen LogP contribution in [0.3, 0.4) is 0 Å². The molecule has 2 aliphatic heterocycles. The van der Waals surface area contributed by atoms with E-state index >= 15 is 0 Å². The molecule has 2 aromatic carbocycles. The third-order valence-corrected chi connectivity index (χ3v) is 5.82. The van der Waals surface area contributed by atoms with Gasteiger partial charge in [0.25, 0.3) is 5.91 Å². The molecule has 152 valence electrons. The second-order valence-electron chi connectivity index (χ2n) is 7.74. The summed E-state index contributed by atoms with van der Waals surface area (Å²) >= 11 is 0. The van der Waals surface area contributed by atoms with Crippen LogP contribution in [0.4, 0.5) is 17.1 Å². The van der Waals surface area contributed by atoms with Gasteiger partial charge in [-0.1, -0.05) is 0 Å². The van der Waals surface area contributed by atoms with E-state index in [0.29, 0.717) is 5.56 Å². The number of hydrogen-bond donors (Lipinski definition) is 1. The summed E-state index contributed by atoms with van der Waals surface area (Å²) in [5.74, 6) is 0.0389. The number of amides is 2. The van der Waals surface area contributed by atoms with Gasteiger partial charge in [0, 0.05) is 68.8 Å². The predicted octanol–water partition coefficient (Wildman–Crippen LogP) is 3.21. The third kappa shape index (κ3) is 4.53. The molecule has 0 aromatic heterocycles. The van der Waals surface area contributed by atoms with Gasteiger partial charge < -0.3 is 20.0 Å². The number of piperazine rings is 1. The number of carbonyl (C=O) groups is 2. The largest absolute Gasteiger partial charge is 0.372 e. The van der Waals surface area contributed by atoms with Crippen molar-refractivity contribution in [2.75, 3.05) is 54.4 Å². The second-order valence-corrected chi connectivity index (χ2v) is 7.74. The van der Waals surface area contributed by atoms with Crippen LogP contribution in [0.15, 0.2) is 48.5 Å². The zero-order valence-corrected chi connectivity index (χ0v) is 16.9. The Kier molecular flexibility index (Phi) is 5.69. The quantitative estimate of drug-likeness (QED) is 0.868. The number of nitrogens with zero attached hydrogens (tertiary/aromatic N) is 3. The molecule has 0 spiro atoms. The van der Waals surface area contributed by atoms with Gasteiger partial charge in [0.15, 0.2) is 0 Å². The van der Waals surface area contributed by atoms with Crippen LogP contribution in [-0.2, 0) is 4.79 Å². The van der Waals surface area contributed by atoms with Crippen molar-refractivity contribution < 1.29 is 9.59 Å². The van der Waals surface area contributed by atoms with Crippen LogP contribution in [0.1, 0.15) is 30.1 Å². The molecule has 0 radical (unpaired) electrons. The van der Waals surface area contributed by atoms with Gasteiger partial charge >= 0.3 is 0 Å². The lowest BCUT2D eigenvalue weighted by atomic mass is 10.1. The summed E-state index contributed by atoms with van der Waals surface area (Å²) in [6.07, 6.45) is 2.48. The van der Waals surface area contributed by atoms with E-state index in [1.165, 1.54) is 18.5 Å². The highest BCUT2D eigenvalue weighted by atomic mass is 16.2. The molecule has 2 heterocycles. The molecule has 2 fully saturated rings. The summed E-state index contributed by atoms with van der Waals surface area (Å²) in [5, 5.41) is 2.98. The maximum Gasteiger partial charge on any atom is 0.255 e. The highest BCUT2D eigenvalue weighted by Crippen LogP contribution is 2.22. The Hall–Kier alpha value is -3.02. The monoisotopic (exact) mass is 392 g/mol. The lowest BCUT2D eigenvalue weighted by molar-refractivity contribution is -0.129. The summed E-state index contributed by atoms with van der Waals surface area (Å²) in [5.41, 5.74) is 3.75. The fraction of sp³-hybridized carbons (Fsp3) is 0.391. The Morgan fingerprint density at radius 3 is 1.79 bits per heavy atom. The molecule has 0 atom stereocenters. The average molecular weight is 393 g/mol. The molecule has 6 heteroatoms. The minimum atomic E-state index is -0.0965. The van der Waals surface area contributed by atoms with Crippen molar-refractivity contribution in [1.29, 1.82) is 0 Å². The van der Waals surface area contributed by atoms with E-state index in [-0.39, 0.29) is 11.8 Å². The Labute approximate surface area is 172 Å². The minimum absolute atomic E-state index is 0.0965. The summed E-state index contributed by atoms with van der Waals surface area (Å²) < 4.78 is 0. The van der Waals surface area contributed by atoms with Gasteiger partial charge in [-0.3, -0.25) is 9.59 Å². The SMILES string of the molecule is CC(=O)N1CCN(c2ccc(NC(=O)c3ccc(N4CCCC4)cc3)cc2)CC1. The lowest BCUT2D eigenvalue weighted by Gasteiger charge is -2.35. The minimum Gasteiger partial charge on any atom is -0.372 e. The maximum absolute atomic E-state index is 12.6. The van der Waals surface area contributed by atoms with Crippen molar-refractivity contribution in [3.63, 3.8) is 0 Å². The molecule has 2 aromatic rings. The van der Waals surface area contributed by atoms with E-state index in [9.17, 15) is 9.59 Å². The van der Waals surface area contributed by atoms with Crippen LogP contribution < -0.4 is 15.1 Å². The van der Waals surface area contributed by atoms with Gasteiger partial charge in [0.2, 0.25) is 5.91 Å². The van der Waals surface area contributed by atoms with Crippen molar-refractivity contribution in [3.05, 3.63) is 54.1 Å². The molecule has 4 rings (SSSR count). The second kappa shape index (κ2) is 8.55. The summed E-state index contributed by atoms with van der Waals surface area (Å²) in [4.78, 5) is 30.5. The average Bonchev–Trinajstić information content (AvgIpc) is 3.29. The highest BCUT2D eigenvalue weighted by Gasteiger charge is 2.19. The van der Waals surface area contributed by atoms with E-state index in [0.717, 1.165) is 50.6 Å². The van der Waals surface area contributed by atoms with Gasteiger partial charge in [-0.05, 0) is 61.4 Å². The Balaban J connectivity index is 1.33. The van der Waals surface area contributed by atoms with Gasteiger partial charge in [0.1, 0.15) is 0 Å². The summed E-state index contributed by atoms with van der Waals surface area (Å²) in [7, 11) is 0. The van der Waals surface area contributed by atoms with Crippen LogP contribution >= 0.6 is 0 Å². The molecule has 29 heavy (non-hydrogen) atoms. The van der Waals surface area contributed by atoms with E-state index in [1.54, 1.807) is 6.92 Å². The first-order valence-corrected chi connectivity index (χ1v) is 10.4. The molecule has 0 bridgehead atoms. The Morgan fingerprint density at radius 2 is 1.24 bits per heavy atom. The molecule has 2 saturated heterocycles. The maximum atomic E-state index is 12.6. The van der Waals surface area contributed by atoms with Crippen molar-refractivity contribution in [1.82, 2.24) is 4.90 Å². The van der Waals surface area contributed by atoms with Gasteiger partial charge in [-0.2, -0.15) is 0 Å². The topological polar surface area (TPSA) is 55.9 Å². The highest BCUT2D eigenvalue weighted by molar-refractivity contribution is 6.04. The van der Waals surface area contributed by atoms with Crippen LogP contribution in [0, 0.1) is 0 Å². The lowest BCUT2D eigenvalue weighted by Crippen LogP contribution is -2.48. The first-order valence-electron chi connectivity index (χ1n) is 10.4. The third-order valence-electron chi connectivity index (χ3n) is 5.82. The van der Waals surface area contributed by atoms with E-state index in [1.807, 2.05) is 53.4 Å². The molecule has 2 amide bonds. The van der Waals surface area contributed by atoms with Crippen molar-refractivity contribution in [2.24, 2.45) is 0 Å². The van der Waals surface area contributed by atoms with E-state index in [4.69, 9.17) is 0 Å². The Bertz CT molecular complexity index is 849. The Morgan fingerprint density at radius 1 is 0.724 bits per heavy atom. The molecular formula is C23H28N4O2. The van der Waals surface area contributed by atoms with Crippen LogP contribution in [0.2, 0.25) is 0 Å². The van der Waals surface area contributed by atoms with Crippen molar-refractivity contribution in [3.8, 4) is 0 Å². The standard InChI is InChI=1S/C23H28N4O2/c1-18(28)25-14-16-27(17-15-25)22-10-6-20(7-11-22)24-23(29)19-4-8-21(9-5-19)26-12-2-3-13-26/h4-11H,2-3,12-17H2,1H3,(H,24,29). The molecule has 6 nitrogen and oxygen atoms in total. The summed E-state index contributed by atoms with van der Waals surface area (Å²) in [6, 6.07) is 15.8. The first-order chi connectivity index (χ1) is 14.1. The van der Waals surface area contributed by atoms with E-state index in [2.05, 4.69) is 15.1 Å². The van der Waals surface area contributed by atoms with Crippen molar-refractivity contribution in [2.45, 2.75) is 19.8 Å². The smallest absolute Gasteiger partial charge is 0.255 e. The molecule has 0 aliphatic carbocycles. The number of hydrogen-bond acceptors (Lipinski definition) is 4. The number of carbonyl (C=O) groups excluding carboxylic acids is 2. The van der Waals surface area contributed by atoms with Gasteiger partial charge in [0.05, 0.1) is 0 Å². The first kappa shape index (κ1) is 19.3. The number of rotatable bonds is 4. The zero-order chi connectivity index (χ0) is 20.2. The van der Waals surface area contributed by atoms with Crippen LogP contribution in [0.25, 0.3) is 0 Å². The normalized spacial score (nSPS) is 16.8. The molecule has 0 unspecified atom stereocenters. The van der Waals surface area contributed by atoms with Gasteiger partial charge in [-0.25, -0.2) is 0 Å². The fourth-order valence-electron chi connectivity index (χ4n) is 4.04. The predicted molar refractivity (Wildman–Crippen MR) is 117 cm³/mol. The molecule has 0 saturated carbocycles. The number of benzene rings is 2. The molecular weight excluding hydrogens is 364 g/mol. The van der Waals surface area contributed by atoms with Gasteiger partial charge in [-0.15, -0.1) is 0 Å². The van der Waals surface area contributed by atoms with Crippen LogP contribution in [-0.4, -0.2) is 56.0 Å². The van der Waals surface area contributed by atoms with Crippen LogP contribution in [0.5, 0.6) is 0 Å². The molecule has 2 aliphatic rings. The number of nitrogens with one attached hydrogen (secondary N) is 1. The number of anilines is 3.